The van der Waals surface area contributed by atoms with Gasteiger partial charge in [0.2, 0.25) is 5.91 Å². The zero-order valence-corrected chi connectivity index (χ0v) is 12.2. The van der Waals surface area contributed by atoms with Crippen LogP contribution in [0, 0.1) is 19.3 Å². The van der Waals surface area contributed by atoms with Gasteiger partial charge in [-0.3, -0.25) is 4.79 Å². The summed E-state index contributed by atoms with van der Waals surface area (Å²) in [5.41, 5.74) is 1.62. The third kappa shape index (κ3) is 2.64. The number of anilines is 1. The number of phenols is 1. The van der Waals surface area contributed by atoms with Crippen molar-refractivity contribution in [3.63, 3.8) is 0 Å². The standard InChI is InChI=1S/C15H22N2O3/c1-10-4-5-12(11(2)13(10)18)17-14(19)15(9-20-3)6-7-16-8-15/h4-5,16,18H,6-9H2,1-3H3,(H,17,19). The second-order valence-electron chi connectivity index (χ2n) is 5.50. The van der Waals surface area contributed by atoms with Gasteiger partial charge in [-0.1, -0.05) is 6.07 Å². The summed E-state index contributed by atoms with van der Waals surface area (Å²) in [4.78, 5) is 12.6. The minimum absolute atomic E-state index is 0.0595. The predicted molar refractivity (Wildman–Crippen MR) is 78.0 cm³/mol. The SMILES string of the molecule is COCC1(C(=O)Nc2ccc(C)c(O)c2C)CCNC1. The number of nitrogens with one attached hydrogen (secondary N) is 2. The molecule has 5 nitrogen and oxygen atoms in total. The molecule has 0 radical (unpaired) electrons. The van der Waals surface area contributed by atoms with Crippen LogP contribution in [0.4, 0.5) is 5.69 Å². The van der Waals surface area contributed by atoms with Crippen LogP contribution >= 0.6 is 0 Å². The van der Waals surface area contributed by atoms with Gasteiger partial charge in [-0.05, 0) is 38.4 Å². The summed E-state index contributed by atoms with van der Waals surface area (Å²) < 4.78 is 5.21. The van der Waals surface area contributed by atoms with E-state index in [-0.39, 0.29) is 11.7 Å². The van der Waals surface area contributed by atoms with Gasteiger partial charge in [0.25, 0.3) is 0 Å². The van der Waals surface area contributed by atoms with E-state index in [0.717, 1.165) is 18.5 Å². The number of ether oxygens (including phenoxy) is 1. The van der Waals surface area contributed by atoms with Gasteiger partial charge in [0.15, 0.2) is 0 Å². The summed E-state index contributed by atoms with van der Waals surface area (Å²) >= 11 is 0. The van der Waals surface area contributed by atoms with Gasteiger partial charge >= 0.3 is 0 Å². The van der Waals surface area contributed by atoms with E-state index in [1.54, 1.807) is 20.1 Å². The molecule has 1 heterocycles. The summed E-state index contributed by atoms with van der Waals surface area (Å²) in [6.45, 7) is 5.45. The molecule has 2 rings (SSSR count). The minimum Gasteiger partial charge on any atom is -0.507 e. The largest absolute Gasteiger partial charge is 0.507 e. The molecule has 1 atom stereocenters. The molecule has 0 aromatic heterocycles. The first-order valence-corrected chi connectivity index (χ1v) is 6.80. The van der Waals surface area contributed by atoms with Crippen LogP contribution in [0.1, 0.15) is 17.5 Å². The maximum atomic E-state index is 12.6. The number of aryl methyl sites for hydroxylation is 1. The van der Waals surface area contributed by atoms with E-state index in [1.807, 2.05) is 13.0 Å². The number of carbonyl (C=O) groups is 1. The van der Waals surface area contributed by atoms with Gasteiger partial charge in [-0.2, -0.15) is 0 Å². The van der Waals surface area contributed by atoms with Gasteiger partial charge in [0.1, 0.15) is 5.75 Å². The fraction of sp³-hybridized carbons (Fsp3) is 0.533. The predicted octanol–water partition coefficient (Wildman–Crippen LogP) is 1.57. The van der Waals surface area contributed by atoms with Crippen molar-refractivity contribution in [3.05, 3.63) is 23.3 Å². The molecular weight excluding hydrogens is 256 g/mol. The Morgan fingerprint density at radius 3 is 2.85 bits per heavy atom. The van der Waals surface area contributed by atoms with Crippen molar-refractivity contribution in [2.45, 2.75) is 20.3 Å². The second-order valence-corrected chi connectivity index (χ2v) is 5.50. The Labute approximate surface area is 119 Å². The number of hydrogen-bond acceptors (Lipinski definition) is 4. The van der Waals surface area contributed by atoms with Crippen molar-refractivity contribution in [2.75, 3.05) is 32.1 Å². The van der Waals surface area contributed by atoms with Crippen molar-refractivity contribution >= 4 is 11.6 Å². The Bertz CT molecular complexity index is 508. The Morgan fingerprint density at radius 1 is 1.50 bits per heavy atom. The van der Waals surface area contributed by atoms with Gasteiger partial charge < -0.3 is 20.5 Å². The first-order chi connectivity index (χ1) is 9.50. The lowest BCUT2D eigenvalue weighted by atomic mass is 9.87. The molecule has 3 N–H and O–H groups in total. The number of carbonyl (C=O) groups excluding carboxylic acids is 1. The molecule has 0 bridgehead atoms. The van der Waals surface area contributed by atoms with Gasteiger partial charge in [0, 0.05) is 24.9 Å². The van der Waals surface area contributed by atoms with E-state index < -0.39 is 5.41 Å². The van der Waals surface area contributed by atoms with E-state index in [1.165, 1.54) is 0 Å². The first-order valence-electron chi connectivity index (χ1n) is 6.80. The number of aromatic hydroxyl groups is 1. The normalized spacial score (nSPS) is 21.9. The van der Waals surface area contributed by atoms with Gasteiger partial charge in [-0.15, -0.1) is 0 Å². The van der Waals surface area contributed by atoms with E-state index in [9.17, 15) is 9.90 Å². The molecule has 1 amide bonds. The summed E-state index contributed by atoms with van der Waals surface area (Å²) in [5.74, 6) is 0.170. The highest BCUT2D eigenvalue weighted by Crippen LogP contribution is 2.31. The van der Waals surface area contributed by atoms with Crippen LogP contribution in [0.15, 0.2) is 12.1 Å². The van der Waals surface area contributed by atoms with Crippen molar-refractivity contribution in [1.29, 1.82) is 0 Å². The maximum absolute atomic E-state index is 12.6. The summed E-state index contributed by atoms with van der Waals surface area (Å²) in [7, 11) is 1.61. The number of benzene rings is 1. The zero-order chi connectivity index (χ0) is 14.8. The Morgan fingerprint density at radius 2 is 2.25 bits per heavy atom. The molecular formula is C15H22N2O3. The number of rotatable bonds is 4. The van der Waals surface area contributed by atoms with Crippen LogP contribution in [0.25, 0.3) is 0 Å². The summed E-state index contributed by atoms with van der Waals surface area (Å²) in [6, 6.07) is 3.62. The fourth-order valence-electron chi connectivity index (χ4n) is 2.63. The highest BCUT2D eigenvalue weighted by atomic mass is 16.5. The molecule has 1 saturated heterocycles. The average Bonchev–Trinajstić information content (AvgIpc) is 2.90. The number of phenolic OH excluding ortho intramolecular Hbond substituents is 1. The molecule has 1 unspecified atom stereocenters. The Balaban J connectivity index is 2.21. The molecule has 20 heavy (non-hydrogen) atoms. The lowest BCUT2D eigenvalue weighted by Crippen LogP contribution is -2.41. The van der Waals surface area contributed by atoms with E-state index in [0.29, 0.717) is 24.4 Å². The molecule has 5 heteroatoms. The van der Waals surface area contributed by atoms with Crippen molar-refractivity contribution in [3.8, 4) is 5.75 Å². The molecule has 0 spiro atoms. The topological polar surface area (TPSA) is 70.6 Å². The lowest BCUT2D eigenvalue weighted by Gasteiger charge is -2.26. The minimum atomic E-state index is -0.526. The molecule has 1 aromatic rings. The molecule has 1 aliphatic heterocycles. The molecule has 0 saturated carbocycles. The molecule has 110 valence electrons. The van der Waals surface area contributed by atoms with Crippen LogP contribution in [0.3, 0.4) is 0 Å². The van der Waals surface area contributed by atoms with Gasteiger partial charge in [0.05, 0.1) is 12.0 Å². The Hall–Kier alpha value is -1.59. The summed E-state index contributed by atoms with van der Waals surface area (Å²) in [6.07, 6.45) is 0.754. The van der Waals surface area contributed by atoms with Crippen molar-refractivity contribution in [2.24, 2.45) is 5.41 Å². The molecule has 1 fully saturated rings. The van der Waals surface area contributed by atoms with Crippen molar-refractivity contribution in [1.82, 2.24) is 5.32 Å². The van der Waals surface area contributed by atoms with Crippen molar-refractivity contribution < 1.29 is 14.6 Å². The molecule has 1 aromatic carbocycles. The number of hydrogen-bond donors (Lipinski definition) is 3. The highest BCUT2D eigenvalue weighted by Gasteiger charge is 2.41. The van der Waals surface area contributed by atoms with Crippen LogP contribution in [-0.2, 0) is 9.53 Å². The fourth-order valence-corrected chi connectivity index (χ4v) is 2.63. The first kappa shape index (κ1) is 14.8. The van der Waals surface area contributed by atoms with Crippen LogP contribution in [-0.4, -0.2) is 37.8 Å². The smallest absolute Gasteiger partial charge is 0.234 e. The third-order valence-corrected chi connectivity index (χ3v) is 4.03. The van der Waals surface area contributed by atoms with Gasteiger partial charge in [-0.25, -0.2) is 0 Å². The van der Waals surface area contributed by atoms with E-state index in [4.69, 9.17) is 4.74 Å². The Kier molecular flexibility index (Phi) is 4.30. The lowest BCUT2D eigenvalue weighted by molar-refractivity contribution is -0.127. The molecule has 0 aliphatic carbocycles. The monoisotopic (exact) mass is 278 g/mol. The number of methoxy groups -OCH3 is 1. The third-order valence-electron chi connectivity index (χ3n) is 4.03. The summed E-state index contributed by atoms with van der Waals surface area (Å²) in [5, 5.41) is 16.1. The maximum Gasteiger partial charge on any atom is 0.234 e. The number of amides is 1. The molecule has 1 aliphatic rings. The van der Waals surface area contributed by atoms with Crippen LogP contribution < -0.4 is 10.6 Å². The average molecular weight is 278 g/mol. The van der Waals surface area contributed by atoms with Crippen LogP contribution in [0.5, 0.6) is 5.75 Å². The quantitative estimate of drug-likeness (QED) is 0.782. The van der Waals surface area contributed by atoms with E-state index in [2.05, 4.69) is 10.6 Å². The van der Waals surface area contributed by atoms with E-state index >= 15 is 0 Å². The van der Waals surface area contributed by atoms with Crippen LogP contribution in [0.2, 0.25) is 0 Å². The highest BCUT2D eigenvalue weighted by molar-refractivity contribution is 5.96. The zero-order valence-electron chi connectivity index (χ0n) is 12.2. The second kappa shape index (κ2) is 5.81.